The molecule has 0 saturated carbocycles. The van der Waals surface area contributed by atoms with Gasteiger partial charge >= 0.3 is 29.6 Å². The summed E-state index contributed by atoms with van der Waals surface area (Å²) >= 11 is 0. The second kappa shape index (κ2) is 10.6. The average Bonchev–Trinajstić information content (AvgIpc) is 3.63. The van der Waals surface area contributed by atoms with Crippen LogP contribution in [0.4, 0.5) is 5.95 Å². The Bertz CT molecular complexity index is 1790. The number of aliphatic hydroxyl groups excluding tert-OH is 2. The molecule has 42 heavy (non-hydrogen) atoms. The average molecular weight is 613 g/mol. The quantitative estimate of drug-likeness (QED) is 0.112. The number of aliphatic hydroxyl groups is 2. The van der Waals surface area contributed by atoms with E-state index in [1.165, 1.54) is 22.4 Å². The van der Waals surface area contributed by atoms with E-state index >= 15 is 0 Å². The summed E-state index contributed by atoms with van der Waals surface area (Å²) in [4.78, 5) is 38.7. The molecule has 3 aromatic rings. The number of carbonyl (C=O) groups is 2. The molecule has 0 amide bonds. The zero-order valence-corrected chi connectivity index (χ0v) is 25.2. The van der Waals surface area contributed by atoms with Gasteiger partial charge in [-0.2, -0.15) is 13.4 Å². The fourth-order valence-corrected chi connectivity index (χ4v) is 6.36. The van der Waals surface area contributed by atoms with Crippen molar-refractivity contribution in [1.29, 1.82) is 0 Å². The smallest absolute Gasteiger partial charge is 0.857 e. The number of ether oxygens (including phenoxy) is 1. The third-order valence-corrected chi connectivity index (χ3v) is 8.30. The molecule has 0 bridgehead atoms. The van der Waals surface area contributed by atoms with E-state index < -0.39 is 70.4 Å². The molecule has 5 atom stereocenters. The summed E-state index contributed by atoms with van der Waals surface area (Å²) in [5, 5.41) is 35.3. The molecule has 1 saturated heterocycles. The number of rotatable bonds is 6. The van der Waals surface area contributed by atoms with Gasteiger partial charge in [-0.25, -0.2) is 9.97 Å². The Morgan fingerprint density at radius 3 is 2.62 bits per heavy atom. The third-order valence-electron chi connectivity index (χ3n) is 7.65. The molecule has 17 nitrogen and oxygen atoms in total. The molecule has 1 fully saturated rings. The molecular weight excluding hydrogens is 587 g/mol. The summed E-state index contributed by atoms with van der Waals surface area (Å²) in [7, 11) is -4.69. The van der Waals surface area contributed by atoms with Crippen molar-refractivity contribution in [2.24, 2.45) is 11.5 Å². The topological polar surface area (TPSA) is 274 Å². The second-order valence-electron chi connectivity index (χ2n) is 10.2. The Balaban J connectivity index is 0.00000353. The van der Waals surface area contributed by atoms with E-state index in [9.17, 15) is 37.9 Å². The van der Waals surface area contributed by atoms with Crippen molar-refractivity contribution in [3.05, 3.63) is 40.1 Å². The van der Waals surface area contributed by atoms with Gasteiger partial charge in [0.25, 0.3) is 10.1 Å². The first-order chi connectivity index (χ1) is 19.3. The number of carbonyl (C=O) groups excluding carboxylic acids is 2. The van der Waals surface area contributed by atoms with Crippen LogP contribution in [-0.2, 0) is 27.2 Å². The first kappa shape index (κ1) is 30.5. The minimum Gasteiger partial charge on any atom is -0.857 e. The van der Waals surface area contributed by atoms with Crippen LogP contribution >= 0.6 is 0 Å². The number of imidazole rings is 1. The number of aromatic nitrogens is 5. The van der Waals surface area contributed by atoms with Crippen LogP contribution in [0.5, 0.6) is 5.88 Å². The predicted molar refractivity (Wildman–Crippen MR) is 136 cm³/mol. The fourth-order valence-electron chi connectivity index (χ4n) is 5.70. The number of nitrogens with one attached hydrogen (secondary N) is 1. The summed E-state index contributed by atoms with van der Waals surface area (Å²) in [6.45, 7) is 0.941. The van der Waals surface area contributed by atoms with Crippen LogP contribution in [-0.4, -0.2) is 83.7 Å². The zero-order valence-electron chi connectivity index (χ0n) is 22.4. The molecule has 0 spiro atoms. The van der Waals surface area contributed by atoms with E-state index in [1.807, 2.05) is 0 Å². The van der Waals surface area contributed by atoms with Gasteiger partial charge in [0.15, 0.2) is 5.65 Å². The van der Waals surface area contributed by atoms with E-state index in [-0.39, 0.29) is 93.4 Å². The standard InChI is InChI=1S/C23H26N8O9S.Na/c1-7-14(25)20(35)13-8(5-41(37,38)39)17-15(9(24)3-30(17)18(13)19(7)34)27-23-28-21-16(22(36)29-23)26-6-31(21)12-2-10(33)11(4-32)40-12;/h6,9-12,15,32-33H,2-5,24-25H2,1H3,(H,37,38,39)(H2,27,28,29,36);/q;+1/p-1/t9-,10-,11+,12+,15+;/m0./s1. The van der Waals surface area contributed by atoms with Crippen LogP contribution in [0.25, 0.3) is 11.2 Å². The van der Waals surface area contributed by atoms with E-state index in [2.05, 4.69) is 20.3 Å². The number of Topliss-reactive ketones (excluding diaryl/α,β-unsaturated/α-hetero) is 2. The van der Waals surface area contributed by atoms with Gasteiger partial charge < -0.3 is 41.4 Å². The molecule has 0 unspecified atom stereocenters. The maximum atomic E-state index is 13.2. The number of nitrogens with two attached hydrogens (primary N) is 2. The Labute approximate surface area is 259 Å². The molecule has 6 rings (SSSR count). The van der Waals surface area contributed by atoms with Crippen LogP contribution in [0.15, 0.2) is 17.6 Å². The number of ketones is 2. The molecule has 2 aliphatic heterocycles. The number of fused-ring (bicyclic) bond motifs is 4. The molecule has 3 aliphatic rings. The number of nitrogens with zero attached hydrogens (tertiary/aromatic N) is 5. The van der Waals surface area contributed by atoms with Crippen molar-refractivity contribution in [2.75, 3.05) is 11.9 Å². The first-order valence-electron chi connectivity index (χ1n) is 12.4. The van der Waals surface area contributed by atoms with Crippen LogP contribution in [0.3, 0.4) is 0 Å². The van der Waals surface area contributed by atoms with Crippen molar-refractivity contribution in [1.82, 2.24) is 24.1 Å². The summed E-state index contributed by atoms with van der Waals surface area (Å²) in [5.41, 5.74) is 11.5. The molecule has 19 heteroatoms. The number of hydrogen-bond donors (Lipinski definition) is 6. The first-order valence-corrected chi connectivity index (χ1v) is 14.1. The SMILES string of the molecule is CC1=C(N)C(=O)c2c(CS(=O)(=O)O)c3n(c2C1=O)C[C@H](N)[C@H]3Nc1nc([O-])c2ncn([C@H]3C[C@H](O)[C@@H](CO)O3)c2n1.[Na+]. The summed E-state index contributed by atoms with van der Waals surface area (Å²) in [5.74, 6) is -3.32. The van der Waals surface area contributed by atoms with Gasteiger partial charge in [-0.1, -0.05) is 0 Å². The van der Waals surface area contributed by atoms with Crippen LogP contribution in [0.2, 0.25) is 0 Å². The summed E-state index contributed by atoms with van der Waals surface area (Å²) in [6, 6.07) is -1.81. The monoisotopic (exact) mass is 612 g/mol. The van der Waals surface area contributed by atoms with Crippen molar-refractivity contribution in [2.45, 2.75) is 56.2 Å². The van der Waals surface area contributed by atoms with E-state index in [0.717, 1.165) is 0 Å². The van der Waals surface area contributed by atoms with E-state index in [0.29, 0.717) is 0 Å². The molecular formula is C23H25N8NaO9S. The van der Waals surface area contributed by atoms with Crippen molar-refractivity contribution < 1.29 is 72.2 Å². The molecule has 5 heterocycles. The maximum absolute atomic E-state index is 13.2. The molecule has 3 aromatic heterocycles. The molecule has 218 valence electrons. The predicted octanol–water partition coefficient (Wildman–Crippen LogP) is -5.16. The van der Waals surface area contributed by atoms with Crippen molar-refractivity contribution in [3.63, 3.8) is 0 Å². The third kappa shape index (κ3) is 4.72. The molecule has 0 radical (unpaired) electrons. The molecule has 0 aromatic carbocycles. The summed E-state index contributed by atoms with van der Waals surface area (Å²) < 4.78 is 42.2. The van der Waals surface area contributed by atoms with Crippen LogP contribution < -0.4 is 51.4 Å². The van der Waals surface area contributed by atoms with Gasteiger partial charge in [-0.3, -0.25) is 18.7 Å². The number of allylic oxidation sites excluding steroid dienone is 2. The minimum absolute atomic E-state index is 0. The second-order valence-corrected chi connectivity index (χ2v) is 11.7. The Morgan fingerprint density at radius 1 is 1.26 bits per heavy atom. The van der Waals surface area contributed by atoms with Gasteiger partial charge in [0.2, 0.25) is 17.5 Å². The van der Waals surface area contributed by atoms with Gasteiger partial charge in [0, 0.05) is 41.7 Å². The van der Waals surface area contributed by atoms with Gasteiger partial charge in [-0.05, 0) is 6.92 Å². The fraction of sp³-hybridized carbons (Fsp3) is 0.435. The largest absolute Gasteiger partial charge is 1.00 e. The number of anilines is 1. The molecule has 1 aliphatic carbocycles. The van der Waals surface area contributed by atoms with Crippen molar-refractivity contribution >= 4 is 38.8 Å². The minimum atomic E-state index is -4.69. The van der Waals surface area contributed by atoms with Gasteiger partial charge in [-0.15, -0.1) is 0 Å². The van der Waals surface area contributed by atoms with Crippen LogP contribution in [0, 0.1) is 0 Å². The van der Waals surface area contributed by atoms with Gasteiger partial charge in [0.1, 0.15) is 29.3 Å². The molecule has 8 N–H and O–H groups in total. The zero-order chi connectivity index (χ0) is 29.5. The normalized spacial score (nSPS) is 25.6. The number of hydrogen-bond acceptors (Lipinski definition) is 14. The summed E-state index contributed by atoms with van der Waals surface area (Å²) in [6.07, 6.45) is -1.18. The van der Waals surface area contributed by atoms with E-state index in [1.54, 1.807) is 0 Å². The maximum Gasteiger partial charge on any atom is 1.00 e. The van der Waals surface area contributed by atoms with Gasteiger partial charge in [0.05, 0.1) is 36.3 Å². The van der Waals surface area contributed by atoms with Crippen LogP contribution in [0.1, 0.15) is 57.7 Å². The van der Waals surface area contributed by atoms with Crippen molar-refractivity contribution in [3.8, 4) is 5.88 Å². The Hall–Kier alpha value is -2.94. The Kier molecular flexibility index (Phi) is 7.74. The van der Waals surface area contributed by atoms with E-state index in [4.69, 9.17) is 16.2 Å². The Morgan fingerprint density at radius 2 is 1.98 bits per heavy atom.